The van der Waals surface area contributed by atoms with Crippen molar-refractivity contribution in [2.75, 3.05) is 25.0 Å². The summed E-state index contributed by atoms with van der Waals surface area (Å²) in [5, 5.41) is 4.67. The lowest BCUT2D eigenvalue weighted by atomic mass is 10.0. The lowest BCUT2D eigenvalue weighted by Gasteiger charge is -2.26. The number of fused-ring (bicyclic) bond motifs is 1. The Morgan fingerprint density at radius 3 is 2.54 bits per heavy atom. The van der Waals surface area contributed by atoms with Crippen LogP contribution in [0.15, 0.2) is 48.5 Å². The van der Waals surface area contributed by atoms with Crippen molar-refractivity contribution in [1.29, 1.82) is 0 Å². The summed E-state index contributed by atoms with van der Waals surface area (Å²) in [4.78, 5) is 14.0. The average Bonchev–Trinajstić information content (AvgIpc) is 2.67. The highest BCUT2D eigenvalue weighted by Gasteiger charge is 2.33. The predicted molar refractivity (Wildman–Crippen MR) is 102 cm³/mol. The van der Waals surface area contributed by atoms with E-state index < -0.39 is 17.8 Å². The van der Waals surface area contributed by atoms with Gasteiger partial charge in [-0.15, -0.1) is 0 Å². The quantitative estimate of drug-likeness (QED) is 0.785. The van der Waals surface area contributed by atoms with Gasteiger partial charge in [-0.05, 0) is 29.7 Å². The Balaban J connectivity index is 1.45. The van der Waals surface area contributed by atoms with Gasteiger partial charge in [0.2, 0.25) is 0 Å². The van der Waals surface area contributed by atoms with E-state index in [2.05, 4.69) is 39.5 Å². The van der Waals surface area contributed by atoms with Crippen LogP contribution in [0.4, 0.5) is 23.7 Å². The van der Waals surface area contributed by atoms with Crippen molar-refractivity contribution in [3.05, 3.63) is 65.2 Å². The van der Waals surface area contributed by atoms with Gasteiger partial charge in [0.15, 0.2) is 0 Å². The maximum absolute atomic E-state index is 12.9. The van der Waals surface area contributed by atoms with Crippen molar-refractivity contribution >= 4 is 11.7 Å². The molecule has 2 aromatic carbocycles. The van der Waals surface area contributed by atoms with Gasteiger partial charge in [-0.2, -0.15) is 13.2 Å². The Kier molecular flexibility index (Phi) is 6.22. The van der Waals surface area contributed by atoms with Crippen molar-refractivity contribution in [2.24, 2.45) is 0 Å². The van der Waals surface area contributed by atoms with E-state index in [-0.39, 0.29) is 12.2 Å². The van der Waals surface area contributed by atoms with Crippen LogP contribution in [0.2, 0.25) is 0 Å². The van der Waals surface area contributed by atoms with Crippen LogP contribution in [-0.4, -0.2) is 30.6 Å². The fraction of sp³-hybridized carbons (Fsp3) is 0.286. The van der Waals surface area contributed by atoms with Crippen molar-refractivity contribution < 1.29 is 18.0 Å². The first-order chi connectivity index (χ1) is 13.4. The SMILES string of the molecule is O=C(NCC#CCN1CCc2ccccc2C1)Nc1ccccc1C(F)(F)F. The van der Waals surface area contributed by atoms with E-state index in [1.54, 1.807) is 0 Å². The minimum atomic E-state index is -4.53. The number of amides is 2. The summed E-state index contributed by atoms with van der Waals surface area (Å²) in [5.74, 6) is 5.83. The van der Waals surface area contributed by atoms with Crippen LogP contribution >= 0.6 is 0 Å². The summed E-state index contributed by atoms with van der Waals surface area (Å²) in [5.41, 5.74) is 1.50. The molecule has 2 N–H and O–H groups in total. The Labute approximate surface area is 161 Å². The minimum absolute atomic E-state index is 0.0600. The van der Waals surface area contributed by atoms with Gasteiger partial charge in [0.1, 0.15) is 0 Å². The standard InChI is InChI=1S/C21H20F3N3O/c22-21(23,24)18-9-3-4-10-19(18)26-20(28)25-12-5-6-13-27-14-11-16-7-1-2-8-17(16)15-27/h1-4,7-10H,11-15H2,(H2,25,26,28). The molecule has 1 heterocycles. The van der Waals surface area contributed by atoms with Crippen molar-refractivity contribution in [3.8, 4) is 11.8 Å². The number of urea groups is 1. The molecule has 1 aliphatic rings. The van der Waals surface area contributed by atoms with Crippen molar-refractivity contribution in [2.45, 2.75) is 19.1 Å². The third-order valence-corrected chi connectivity index (χ3v) is 4.46. The Morgan fingerprint density at radius 1 is 1.04 bits per heavy atom. The highest BCUT2D eigenvalue weighted by Crippen LogP contribution is 2.34. The third-order valence-electron chi connectivity index (χ3n) is 4.46. The first-order valence-corrected chi connectivity index (χ1v) is 8.89. The molecule has 0 spiro atoms. The lowest BCUT2D eigenvalue weighted by molar-refractivity contribution is -0.136. The second kappa shape index (κ2) is 8.81. The molecule has 2 aromatic rings. The summed E-state index contributed by atoms with van der Waals surface area (Å²) in [6.07, 6.45) is -3.55. The number of alkyl halides is 3. The molecule has 0 saturated carbocycles. The highest BCUT2D eigenvalue weighted by molar-refractivity contribution is 5.90. The zero-order valence-electron chi connectivity index (χ0n) is 15.1. The van der Waals surface area contributed by atoms with E-state index in [0.717, 1.165) is 25.6 Å². The molecule has 3 rings (SSSR count). The number of para-hydroxylation sites is 1. The number of nitrogens with zero attached hydrogens (tertiary/aromatic N) is 1. The van der Waals surface area contributed by atoms with E-state index >= 15 is 0 Å². The molecule has 0 unspecified atom stereocenters. The van der Waals surface area contributed by atoms with Crippen LogP contribution in [0.25, 0.3) is 0 Å². The molecular weight excluding hydrogens is 367 g/mol. The summed E-state index contributed by atoms with van der Waals surface area (Å²) in [7, 11) is 0. The molecule has 0 aliphatic carbocycles. The van der Waals surface area contributed by atoms with E-state index in [0.29, 0.717) is 6.54 Å². The molecule has 7 heteroatoms. The molecule has 2 amide bonds. The van der Waals surface area contributed by atoms with Gasteiger partial charge < -0.3 is 10.6 Å². The number of benzene rings is 2. The number of hydrogen-bond acceptors (Lipinski definition) is 2. The van der Waals surface area contributed by atoms with E-state index in [1.165, 1.54) is 29.3 Å². The van der Waals surface area contributed by atoms with Gasteiger partial charge in [0.25, 0.3) is 0 Å². The van der Waals surface area contributed by atoms with Gasteiger partial charge in [0.05, 0.1) is 24.3 Å². The topological polar surface area (TPSA) is 44.4 Å². The van der Waals surface area contributed by atoms with Gasteiger partial charge >= 0.3 is 12.2 Å². The number of rotatable bonds is 3. The number of nitrogens with one attached hydrogen (secondary N) is 2. The molecule has 0 saturated heterocycles. The van der Waals surface area contributed by atoms with Crippen molar-refractivity contribution in [1.82, 2.24) is 10.2 Å². The smallest absolute Gasteiger partial charge is 0.327 e. The van der Waals surface area contributed by atoms with E-state index in [4.69, 9.17) is 0 Å². The van der Waals surface area contributed by atoms with Gasteiger partial charge in [-0.25, -0.2) is 4.79 Å². The zero-order chi connectivity index (χ0) is 20.0. The van der Waals surface area contributed by atoms with Crippen LogP contribution < -0.4 is 10.6 Å². The molecule has 1 aliphatic heterocycles. The normalized spacial score (nSPS) is 13.8. The molecule has 4 nitrogen and oxygen atoms in total. The lowest BCUT2D eigenvalue weighted by Crippen LogP contribution is -2.31. The third kappa shape index (κ3) is 5.27. The second-order valence-electron chi connectivity index (χ2n) is 6.43. The van der Waals surface area contributed by atoms with Crippen LogP contribution in [0.1, 0.15) is 16.7 Å². The maximum Gasteiger partial charge on any atom is 0.418 e. The Bertz CT molecular complexity index is 899. The molecule has 0 bridgehead atoms. The van der Waals surface area contributed by atoms with Crippen molar-refractivity contribution in [3.63, 3.8) is 0 Å². The number of halogens is 3. The van der Waals surface area contributed by atoms with Gasteiger partial charge in [-0.3, -0.25) is 4.90 Å². The first-order valence-electron chi connectivity index (χ1n) is 8.89. The molecule has 0 aromatic heterocycles. The first kappa shape index (κ1) is 19.8. The predicted octanol–water partition coefficient (Wildman–Crippen LogP) is 3.89. The average molecular weight is 387 g/mol. The summed E-state index contributed by atoms with van der Waals surface area (Å²) in [6, 6.07) is 12.4. The van der Waals surface area contributed by atoms with Gasteiger partial charge in [0, 0.05) is 13.1 Å². The fourth-order valence-corrected chi connectivity index (χ4v) is 3.05. The fourth-order valence-electron chi connectivity index (χ4n) is 3.05. The highest BCUT2D eigenvalue weighted by atomic mass is 19.4. The monoisotopic (exact) mass is 387 g/mol. The van der Waals surface area contributed by atoms with Crippen LogP contribution in [0.5, 0.6) is 0 Å². The van der Waals surface area contributed by atoms with Crippen LogP contribution in [-0.2, 0) is 19.1 Å². The number of carbonyl (C=O) groups excluding carboxylic acids is 1. The van der Waals surface area contributed by atoms with E-state index in [9.17, 15) is 18.0 Å². The largest absolute Gasteiger partial charge is 0.418 e. The summed E-state index contributed by atoms with van der Waals surface area (Å²) >= 11 is 0. The van der Waals surface area contributed by atoms with E-state index in [1.807, 2.05) is 12.1 Å². The summed E-state index contributed by atoms with van der Waals surface area (Å²) < 4.78 is 38.8. The number of anilines is 1. The molecule has 28 heavy (non-hydrogen) atoms. The molecule has 0 atom stereocenters. The van der Waals surface area contributed by atoms with Crippen LogP contribution in [0.3, 0.4) is 0 Å². The number of carbonyl (C=O) groups is 1. The molecule has 0 fully saturated rings. The summed E-state index contributed by atoms with van der Waals surface area (Å²) in [6.45, 7) is 2.40. The molecular formula is C21H20F3N3O. The second-order valence-corrected chi connectivity index (χ2v) is 6.43. The van der Waals surface area contributed by atoms with Gasteiger partial charge in [-0.1, -0.05) is 48.2 Å². The Morgan fingerprint density at radius 2 is 1.75 bits per heavy atom. The Hall–Kier alpha value is -2.98. The maximum atomic E-state index is 12.9. The zero-order valence-corrected chi connectivity index (χ0v) is 15.1. The molecule has 146 valence electrons. The molecule has 0 radical (unpaired) electrons. The minimum Gasteiger partial charge on any atom is -0.327 e. The van der Waals surface area contributed by atoms with Crippen LogP contribution in [0, 0.1) is 11.8 Å². The number of hydrogen-bond donors (Lipinski definition) is 2.